The molecule has 21 heavy (non-hydrogen) atoms. The Balaban J connectivity index is 2.14. The van der Waals surface area contributed by atoms with E-state index in [2.05, 4.69) is 38.0 Å². The van der Waals surface area contributed by atoms with Gasteiger partial charge in [-0.25, -0.2) is 0 Å². The van der Waals surface area contributed by atoms with Gasteiger partial charge in [0, 0.05) is 16.1 Å². The van der Waals surface area contributed by atoms with Gasteiger partial charge in [-0.2, -0.15) is 0 Å². The summed E-state index contributed by atoms with van der Waals surface area (Å²) in [6, 6.07) is 16.2. The molecule has 1 N–H and O–H groups in total. The van der Waals surface area contributed by atoms with E-state index in [1.54, 1.807) is 6.20 Å². The molecule has 4 rings (SSSR count). The second kappa shape index (κ2) is 4.79. The molecular formula is C16H10BrN3S. The van der Waals surface area contributed by atoms with Crippen molar-refractivity contribution < 1.29 is 0 Å². The average Bonchev–Trinajstić information content (AvgIpc) is 2.81. The molecule has 3 nitrogen and oxygen atoms in total. The lowest BCUT2D eigenvalue weighted by atomic mass is 10.2. The number of para-hydroxylation sites is 1. The minimum Gasteiger partial charge on any atom is -0.330 e. The van der Waals surface area contributed by atoms with Gasteiger partial charge in [-0.3, -0.25) is 9.55 Å². The Morgan fingerprint density at radius 2 is 1.95 bits per heavy atom. The van der Waals surface area contributed by atoms with Crippen molar-refractivity contribution in [3.8, 4) is 5.69 Å². The molecule has 0 aliphatic heterocycles. The maximum atomic E-state index is 5.51. The van der Waals surface area contributed by atoms with Crippen LogP contribution in [0.4, 0.5) is 0 Å². The fraction of sp³-hybridized carbons (Fsp3) is 0. The van der Waals surface area contributed by atoms with E-state index < -0.39 is 0 Å². The largest absolute Gasteiger partial charge is 0.330 e. The van der Waals surface area contributed by atoms with Crippen LogP contribution in [0.25, 0.3) is 27.6 Å². The molecule has 0 aliphatic carbocycles. The van der Waals surface area contributed by atoms with Gasteiger partial charge in [0.05, 0.1) is 22.2 Å². The number of H-pyrrole nitrogens is 1. The molecule has 4 aromatic rings. The van der Waals surface area contributed by atoms with Crippen molar-refractivity contribution in [1.29, 1.82) is 0 Å². The summed E-state index contributed by atoms with van der Waals surface area (Å²) in [5.41, 5.74) is 3.98. The van der Waals surface area contributed by atoms with Gasteiger partial charge < -0.3 is 4.98 Å². The molecule has 0 bridgehead atoms. The van der Waals surface area contributed by atoms with Gasteiger partial charge in [0.15, 0.2) is 4.77 Å². The monoisotopic (exact) mass is 355 g/mol. The molecular weight excluding hydrogens is 346 g/mol. The SMILES string of the molecule is S=c1[nH]c2cc(Br)ccc2n1-c1cccc2cccnc12. The number of rotatable bonds is 1. The third-order valence-electron chi connectivity index (χ3n) is 3.50. The van der Waals surface area contributed by atoms with Crippen LogP contribution in [0.1, 0.15) is 0 Å². The molecule has 0 atom stereocenters. The predicted molar refractivity (Wildman–Crippen MR) is 91.5 cm³/mol. The third-order valence-corrected chi connectivity index (χ3v) is 4.27. The average molecular weight is 356 g/mol. The molecule has 0 unspecified atom stereocenters. The smallest absolute Gasteiger partial charge is 0.182 e. The Bertz CT molecular complexity index is 1030. The van der Waals surface area contributed by atoms with Crippen molar-refractivity contribution in [1.82, 2.24) is 14.5 Å². The Hall–Kier alpha value is -1.98. The lowest BCUT2D eigenvalue weighted by Gasteiger charge is -2.08. The number of imidazole rings is 1. The molecule has 0 saturated carbocycles. The van der Waals surface area contributed by atoms with E-state index in [1.165, 1.54) is 0 Å². The maximum Gasteiger partial charge on any atom is 0.182 e. The van der Waals surface area contributed by atoms with Crippen molar-refractivity contribution in [3.63, 3.8) is 0 Å². The molecule has 0 spiro atoms. The summed E-state index contributed by atoms with van der Waals surface area (Å²) in [7, 11) is 0. The van der Waals surface area contributed by atoms with Gasteiger partial charge in [0.25, 0.3) is 0 Å². The number of halogens is 1. The van der Waals surface area contributed by atoms with Crippen molar-refractivity contribution in [2.75, 3.05) is 0 Å². The molecule has 2 heterocycles. The summed E-state index contributed by atoms with van der Waals surface area (Å²) < 4.78 is 3.72. The molecule has 0 fully saturated rings. The van der Waals surface area contributed by atoms with Gasteiger partial charge in [-0.1, -0.05) is 34.1 Å². The number of hydrogen-bond donors (Lipinski definition) is 1. The molecule has 2 aromatic carbocycles. The molecule has 0 saturated heterocycles. The van der Waals surface area contributed by atoms with Gasteiger partial charge in [0.2, 0.25) is 0 Å². The summed E-state index contributed by atoms with van der Waals surface area (Å²) in [6.45, 7) is 0. The van der Waals surface area contributed by atoms with E-state index in [-0.39, 0.29) is 0 Å². The van der Waals surface area contributed by atoms with E-state index in [9.17, 15) is 0 Å². The summed E-state index contributed by atoms with van der Waals surface area (Å²) in [4.78, 5) is 7.76. The molecule has 0 amide bonds. The zero-order valence-electron chi connectivity index (χ0n) is 10.9. The topological polar surface area (TPSA) is 33.6 Å². The van der Waals surface area contributed by atoms with Crippen LogP contribution in [0.5, 0.6) is 0 Å². The number of benzene rings is 2. The number of fused-ring (bicyclic) bond motifs is 2. The lowest BCUT2D eigenvalue weighted by Crippen LogP contribution is -1.96. The fourth-order valence-electron chi connectivity index (χ4n) is 2.59. The minimum absolute atomic E-state index is 0.668. The van der Waals surface area contributed by atoms with Crippen molar-refractivity contribution >= 4 is 50.1 Å². The second-order valence-electron chi connectivity index (χ2n) is 4.78. The lowest BCUT2D eigenvalue weighted by molar-refractivity contribution is 1.07. The number of aromatic nitrogens is 3. The Morgan fingerprint density at radius 1 is 1.10 bits per heavy atom. The minimum atomic E-state index is 0.668. The van der Waals surface area contributed by atoms with Crippen molar-refractivity contribution in [2.45, 2.75) is 0 Å². The Kier molecular flexibility index (Phi) is 2.90. The van der Waals surface area contributed by atoms with Crippen LogP contribution in [0, 0.1) is 4.77 Å². The van der Waals surface area contributed by atoms with Crippen LogP contribution in [0.2, 0.25) is 0 Å². The van der Waals surface area contributed by atoms with Gasteiger partial charge >= 0.3 is 0 Å². The predicted octanol–water partition coefficient (Wildman–Crippen LogP) is 5.00. The molecule has 2 aromatic heterocycles. The maximum absolute atomic E-state index is 5.51. The molecule has 0 radical (unpaired) electrons. The van der Waals surface area contributed by atoms with Crippen LogP contribution >= 0.6 is 28.1 Å². The molecule has 102 valence electrons. The van der Waals surface area contributed by atoms with Crippen molar-refractivity contribution in [3.05, 3.63) is 64.0 Å². The van der Waals surface area contributed by atoms with E-state index in [0.717, 1.165) is 32.1 Å². The van der Waals surface area contributed by atoms with E-state index in [0.29, 0.717) is 4.77 Å². The van der Waals surface area contributed by atoms with E-state index in [1.807, 2.05) is 41.0 Å². The van der Waals surface area contributed by atoms with E-state index >= 15 is 0 Å². The fourth-order valence-corrected chi connectivity index (χ4v) is 3.26. The molecule has 5 heteroatoms. The summed E-state index contributed by atoms with van der Waals surface area (Å²) in [5, 5.41) is 1.10. The highest BCUT2D eigenvalue weighted by Crippen LogP contribution is 2.26. The van der Waals surface area contributed by atoms with Gasteiger partial charge in [-0.05, 0) is 42.5 Å². The third kappa shape index (κ3) is 2.01. The first kappa shape index (κ1) is 12.7. The van der Waals surface area contributed by atoms with Crippen LogP contribution in [-0.4, -0.2) is 14.5 Å². The van der Waals surface area contributed by atoms with Crippen LogP contribution in [0.3, 0.4) is 0 Å². The quantitative estimate of drug-likeness (QED) is 0.487. The summed E-state index contributed by atoms with van der Waals surface area (Å²) in [6.07, 6.45) is 1.81. The zero-order valence-corrected chi connectivity index (χ0v) is 13.3. The summed E-state index contributed by atoms with van der Waals surface area (Å²) >= 11 is 8.99. The standard InChI is InChI=1S/C16H10BrN3S/c17-11-6-7-13-12(9-11)19-16(21)20(13)14-5-1-3-10-4-2-8-18-15(10)14/h1-9H,(H,19,21). The van der Waals surface area contributed by atoms with E-state index in [4.69, 9.17) is 12.2 Å². The molecule has 0 aliphatic rings. The highest BCUT2D eigenvalue weighted by Gasteiger charge is 2.10. The van der Waals surface area contributed by atoms with Crippen LogP contribution < -0.4 is 0 Å². The number of aromatic amines is 1. The number of hydrogen-bond acceptors (Lipinski definition) is 2. The second-order valence-corrected chi connectivity index (χ2v) is 6.08. The van der Waals surface area contributed by atoms with Gasteiger partial charge in [0.1, 0.15) is 0 Å². The Labute approximate surface area is 134 Å². The summed E-state index contributed by atoms with van der Waals surface area (Å²) in [5.74, 6) is 0. The number of pyridine rings is 1. The first-order valence-electron chi connectivity index (χ1n) is 6.48. The van der Waals surface area contributed by atoms with Crippen LogP contribution in [-0.2, 0) is 0 Å². The normalized spacial score (nSPS) is 11.3. The first-order chi connectivity index (χ1) is 10.2. The number of nitrogens with zero attached hydrogens (tertiary/aromatic N) is 2. The van der Waals surface area contributed by atoms with Crippen molar-refractivity contribution in [2.24, 2.45) is 0 Å². The van der Waals surface area contributed by atoms with Crippen LogP contribution in [0.15, 0.2) is 59.2 Å². The highest BCUT2D eigenvalue weighted by atomic mass is 79.9. The zero-order chi connectivity index (χ0) is 14.4. The van der Waals surface area contributed by atoms with Gasteiger partial charge in [-0.15, -0.1) is 0 Å². The highest BCUT2D eigenvalue weighted by molar-refractivity contribution is 9.10. The first-order valence-corrected chi connectivity index (χ1v) is 7.68. The number of nitrogens with one attached hydrogen (secondary N) is 1. The Morgan fingerprint density at radius 3 is 2.86 bits per heavy atom.